The van der Waals surface area contributed by atoms with E-state index < -0.39 is 5.97 Å². The third-order valence-electron chi connectivity index (χ3n) is 2.57. The number of hydrogen-bond donors (Lipinski definition) is 0. The molecule has 0 aliphatic heterocycles. The van der Waals surface area contributed by atoms with Gasteiger partial charge in [0.1, 0.15) is 12.4 Å². The lowest BCUT2D eigenvalue weighted by molar-refractivity contribution is -0.139. The highest BCUT2D eigenvalue weighted by Crippen LogP contribution is 2.22. The van der Waals surface area contributed by atoms with E-state index in [0.29, 0.717) is 16.6 Å². The lowest BCUT2D eigenvalue weighted by atomic mass is 10.4. The van der Waals surface area contributed by atoms with Gasteiger partial charge in [0.15, 0.2) is 10.1 Å². The molecule has 0 atom stereocenters. The minimum atomic E-state index is -0.470. The summed E-state index contributed by atoms with van der Waals surface area (Å²) in [6, 6.07) is 3.47. The number of rotatable bonds is 4. The highest BCUT2D eigenvalue weighted by atomic mass is 35.5. The Bertz CT molecular complexity index is 758. The van der Waals surface area contributed by atoms with Gasteiger partial charge >= 0.3 is 5.97 Å². The number of furan rings is 1. The van der Waals surface area contributed by atoms with E-state index in [9.17, 15) is 4.79 Å². The average molecular weight is 309 g/mol. The second kappa shape index (κ2) is 5.52. The Morgan fingerprint density at radius 2 is 2.50 bits per heavy atom. The van der Waals surface area contributed by atoms with Crippen LogP contribution in [0.15, 0.2) is 40.5 Å². The van der Waals surface area contributed by atoms with Crippen LogP contribution in [0.2, 0.25) is 5.15 Å². The standard InChI is InChI=1S/C13H9ClN2O3S/c14-12-10(16-5-7-20-13(16)15-12)3-4-11(17)19-8-9-2-1-6-18-9/h1-7H,8H2. The van der Waals surface area contributed by atoms with Crippen LogP contribution in [0.5, 0.6) is 0 Å². The molecule has 0 bridgehead atoms. The number of carbonyl (C=O) groups is 1. The van der Waals surface area contributed by atoms with E-state index in [4.69, 9.17) is 20.8 Å². The van der Waals surface area contributed by atoms with Gasteiger partial charge in [0.2, 0.25) is 0 Å². The molecule has 0 saturated heterocycles. The van der Waals surface area contributed by atoms with E-state index >= 15 is 0 Å². The van der Waals surface area contributed by atoms with Crippen molar-refractivity contribution in [2.45, 2.75) is 6.61 Å². The van der Waals surface area contributed by atoms with Crippen molar-refractivity contribution in [2.75, 3.05) is 0 Å². The number of carbonyl (C=O) groups excluding carboxylic acids is 1. The van der Waals surface area contributed by atoms with Crippen LogP contribution < -0.4 is 0 Å². The second-order valence-electron chi connectivity index (χ2n) is 3.86. The summed E-state index contributed by atoms with van der Waals surface area (Å²) in [5.74, 6) is 0.122. The van der Waals surface area contributed by atoms with E-state index in [0.717, 1.165) is 4.96 Å². The van der Waals surface area contributed by atoms with Crippen molar-refractivity contribution in [2.24, 2.45) is 0 Å². The zero-order chi connectivity index (χ0) is 13.9. The molecular weight excluding hydrogens is 300 g/mol. The predicted molar refractivity (Wildman–Crippen MR) is 75.6 cm³/mol. The van der Waals surface area contributed by atoms with Gasteiger partial charge in [0.25, 0.3) is 0 Å². The normalized spacial score (nSPS) is 11.4. The predicted octanol–water partition coefficient (Wildman–Crippen LogP) is 3.40. The molecule has 0 aliphatic rings. The van der Waals surface area contributed by atoms with Crippen LogP contribution in [0.4, 0.5) is 0 Å². The first-order valence-electron chi connectivity index (χ1n) is 5.72. The number of nitrogens with zero attached hydrogens (tertiary/aromatic N) is 2. The number of thiazole rings is 1. The average Bonchev–Trinajstić information content (AvgIpc) is 3.11. The zero-order valence-corrected chi connectivity index (χ0v) is 11.7. The molecule has 0 amide bonds. The largest absolute Gasteiger partial charge is 0.466 e. The van der Waals surface area contributed by atoms with Crippen molar-refractivity contribution < 1.29 is 13.9 Å². The van der Waals surface area contributed by atoms with Crippen LogP contribution in [0.25, 0.3) is 11.0 Å². The van der Waals surface area contributed by atoms with E-state index in [1.165, 1.54) is 23.7 Å². The minimum absolute atomic E-state index is 0.101. The Labute approximate surface area is 123 Å². The van der Waals surface area contributed by atoms with Gasteiger partial charge < -0.3 is 9.15 Å². The maximum absolute atomic E-state index is 11.6. The summed E-state index contributed by atoms with van der Waals surface area (Å²) in [6.07, 6.45) is 6.26. The van der Waals surface area contributed by atoms with Crippen molar-refractivity contribution >= 4 is 39.9 Å². The summed E-state index contributed by atoms with van der Waals surface area (Å²) in [7, 11) is 0. The number of esters is 1. The van der Waals surface area contributed by atoms with Crippen LogP contribution in [-0.4, -0.2) is 15.4 Å². The van der Waals surface area contributed by atoms with E-state index in [2.05, 4.69) is 4.98 Å². The second-order valence-corrected chi connectivity index (χ2v) is 5.09. The number of imidazole rings is 1. The molecule has 3 aromatic heterocycles. The van der Waals surface area contributed by atoms with Crippen molar-refractivity contribution in [3.05, 3.63) is 52.7 Å². The topological polar surface area (TPSA) is 56.7 Å². The highest BCUT2D eigenvalue weighted by Gasteiger charge is 2.09. The van der Waals surface area contributed by atoms with Crippen molar-refractivity contribution in [1.29, 1.82) is 0 Å². The van der Waals surface area contributed by atoms with Crippen molar-refractivity contribution in [3.63, 3.8) is 0 Å². The fourth-order valence-corrected chi connectivity index (χ4v) is 2.66. The van der Waals surface area contributed by atoms with Gasteiger partial charge in [-0.15, -0.1) is 11.3 Å². The number of ether oxygens (including phenoxy) is 1. The van der Waals surface area contributed by atoms with Gasteiger partial charge in [-0.1, -0.05) is 11.6 Å². The summed E-state index contributed by atoms with van der Waals surface area (Å²) < 4.78 is 11.9. The molecular formula is C13H9ClN2O3S. The Morgan fingerprint density at radius 1 is 1.60 bits per heavy atom. The minimum Gasteiger partial charge on any atom is -0.466 e. The van der Waals surface area contributed by atoms with Gasteiger partial charge in [-0.3, -0.25) is 4.40 Å². The first-order valence-corrected chi connectivity index (χ1v) is 6.98. The maximum atomic E-state index is 11.6. The molecule has 3 rings (SSSR count). The van der Waals surface area contributed by atoms with Gasteiger partial charge in [0, 0.05) is 17.7 Å². The number of fused-ring (bicyclic) bond motifs is 1. The number of hydrogen-bond acceptors (Lipinski definition) is 5. The molecule has 0 unspecified atom stereocenters. The Morgan fingerprint density at radius 3 is 3.30 bits per heavy atom. The number of halogens is 1. The maximum Gasteiger partial charge on any atom is 0.331 e. The smallest absolute Gasteiger partial charge is 0.331 e. The first-order chi connectivity index (χ1) is 9.74. The van der Waals surface area contributed by atoms with Crippen molar-refractivity contribution in [3.8, 4) is 0 Å². The quantitative estimate of drug-likeness (QED) is 0.547. The molecule has 0 radical (unpaired) electrons. The summed E-state index contributed by atoms with van der Waals surface area (Å²) >= 11 is 7.48. The molecule has 0 aromatic carbocycles. The van der Waals surface area contributed by atoms with Crippen LogP contribution in [-0.2, 0) is 16.1 Å². The third kappa shape index (κ3) is 2.61. The lowest BCUT2D eigenvalue weighted by Crippen LogP contribution is -2.00. The van der Waals surface area contributed by atoms with E-state index in [-0.39, 0.29) is 6.61 Å². The summed E-state index contributed by atoms with van der Waals surface area (Å²) in [4.78, 5) is 16.5. The summed E-state index contributed by atoms with van der Waals surface area (Å²) in [6.45, 7) is 0.101. The van der Waals surface area contributed by atoms with E-state index in [1.54, 1.807) is 18.2 Å². The van der Waals surface area contributed by atoms with Gasteiger partial charge in [-0.05, 0) is 18.2 Å². The van der Waals surface area contributed by atoms with Gasteiger partial charge in [-0.25, -0.2) is 9.78 Å². The van der Waals surface area contributed by atoms with Crippen molar-refractivity contribution in [1.82, 2.24) is 9.38 Å². The summed E-state index contributed by atoms with van der Waals surface area (Å²) in [5.41, 5.74) is 0.651. The van der Waals surface area contributed by atoms with Crippen LogP contribution in [0.3, 0.4) is 0 Å². The van der Waals surface area contributed by atoms with Crippen LogP contribution in [0, 0.1) is 0 Å². The molecule has 0 spiro atoms. The molecule has 3 heterocycles. The monoisotopic (exact) mass is 308 g/mol. The van der Waals surface area contributed by atoms with Gasteiger partial charge in [-0.2, -0.15) is 0 Å². The molecule has 5 nitrogen and oxygen atoms in total. The third-order valence-corrected chi connectivity index (χ3v) is 3.60. The Hall–Kier alpha value is -2.05. The molecule has 102 valence electrons. The summed E-state index contributed by atoms with van der Waals surface area (Å²) in [5, 5.41) is 2.25. The first kappa shape index (κ1) is 13.0. The molecule has 0 aliphatic carbocycles. The SMILES string of the molecule is O=C(C=Cc1c(Cl)nc2sccn12)OCc1ccco1. The molecule has 20 heavy (non-hydrogen) atoms. The molecule has 3 aromatic rings. The Balaban J connectivity index is 1.68. The lowest BCUT2D eigenvalue weighted by Gasteiger charge is -1.98. The highest BCUT2D eigenvalue weighted by molar-refractivity contribution is 7.15. The molecule has 0 saturated carbocycles. The molecule has 0 fully saturated rings. The fraction of sp³-hybridized carbons (Fsp3) is 0.0769. The van der Waals surface area contributed by atoms with Crippen LogP contribution in [0.1, 0.15) is 11.5 Å². The Kier molecular flexibility index (Phi) is 3.58. The zero-order valence-electron chi connectivity index (χ0n) is 10.2. The van der Waals surface area contributed by atoms with E-state index in [1.807, 2.05) is 16.0 Å². The fourth-order valence-electron chi connectivity index (χ4n) is 1.66. The molecule has 0 N–H and O–H groups in total. The van der Waals surface area contributed by atoms with Crippen LogP contribution >= 0.6 is 22.9 Å². The number of aromatic nitrogens is 2. The van der Waals surface area contributed by atoms with Gasteiger partial charge in [0.05, 0.1) is 12.0 Å². The molecule has 7 heteroatoms.